The number of carbonyl (C=O) groups is 3. The minimum atomic E-state index is -0.723. The molecule has 1 N–H and O–H groups in total. The SMILES string of the molecule is C=Cc1cccc(CCCC(=O)C(C)C[C@@H](CCC(=O)CC2CCCNCC2)COC(=O)CC2=IOC(c3cccc(C)c3)=C2)c1Cl. The number of ether oxygens (including phenoxy) is 1. The highest BCUT2D eigenvalue weighted by atomic mass is 127. The molecule has 1 saturated heterocycles. The second kappa shape index (κ2) is 19.4. The lowest BCUT2D eigenvalue weighted by atomic mass is 9.86. The maximum atomic E-state index is 13.2. The van der Waals surface area contributed by atoms with Gasteiger partial charge in [-0.25, -0.2) is 0 Å². The van der Waals surface area contributed by atoms with Crippen LogP contribution < -0.4 is 5.32 Å². The molecule has 2 aliphatic rings. The first-order valence-corrected chi connectivity index (χ1v) is 19.3. The fourth-order valence-corrected chi connectivity index (χ4v) is 8.39. The molecule has 2 heterocycles. The van der Waals surface area contributed by atoms with E-state index >= 15 is 0 Å². The molecule has 8 heteroatoms. The molecule has 2 aromatic rings. The molecular weight excluding hydrogens is 725 g/mol. The van der Waals surface area contributed by atoms with Crippen LogP contribution in [0.4, 0.5) is 0 Å². The Morgan fingerprint density at radius 2 is 1.98 bits per heavy atom. The van der Waals surface area contributed by atoms with Gasteiger partial charge in [-0.1, -0.05) is 73.1 Å². The number of hydrogen-bond acceptors (Lipinski definition) is 6. The van der Waals surface area contributed by atoms with Gasteiger partial charge in [0.25, 0.3) is 0 Å². The van der Waals surface area contributed by atoms with E-state index in [2.05, 4.69) is 18.0 Å². The van der Waals surface area contributed by atoms with Crippen molar-refractivity contribution < 1.29 is 22.2 Å². The van der Waals surface area contributed by atoms with Crippen molar-refractivity contribution in [2.75, 3.05) is 19.7 Å². The van der Waals surface area contributed by atoms with Gasteiger partial charge in [0.2, 0.25) is 0 Å². The summed E-state index contributed by atoms with van der Waals surface area (Å²) in [5.74, 6) is 1.16. The molecule has 2 aliphatic heterocycles. The molecule has 3 atom stereocenters. The zero-order valence-electron chi connectivity index (χ0n) is 27.8. The van der Waals surface area contributed by atoms with E-state index in [1.165, 1.54) is 0 Å². The summed E-state index contributed by atoms with van der Waals surface area (Å²) < 4.78 is 12.7. The van der Waals surface area contributed by atoms with Gasteiger partial charge in [0.1, 0.15) is 38.5 Å². The number of aryl methyl sites for hydroxylation is 2. The zero-order chi connectivity index (χ0) is 33.6. The maximum Gasteiger partial charge on any atom is 0.310 e. The van der Waals surface area contributed by atoms with Gasteiger partial charge in [-0.05, 0) is 100 Å². The largest absolute Gasteiger partial charge is 0.465 e. The smallest absolute Gasteiger partial charge is 0.310 e. The second-order valence-electron chi connectivity index (χ2n) is 13.0. The van der Waals surface area contributed by atoms with E-state index in [1.807, 2.05) is 56.3 Å². The summed E-state index contributed by atoms with van der Waals surface area (Å²) in [6, 6.07) is 14.0. The highest BCUT2D eigenvalue weighted by Gasteiger charge is 2.24. The Morgan fingerprint density at radius 1 is 1.15 bits per heavy atom. The molecule has 0 amide bonds. The molecule has 1 fully saturated rings. The van der Waals surface area contributed by atoms with Crippen LogP contribution >= 0.6 is 32.7 Å². The summed E-state index contributed by atoms with van der Waals surface area (Å²) in [7, 11) is 0. The molecule has 2 aromatic carbocycles. The Labute approximate surface area is 296 Å². The van der Waals surface area contributed by atoms with Crippen LogP contribution in [0.5, 0.6) is 0 Å². The summed E-state index contributed by atoms with van der Waals surface area (Å²) in [5.41, 5.74) is 4.09. The molecule has 0 radical (unpaired) electrons. The van der Waals surface area contributed by atoms with Gasteiger partial charge in [-0.2, -0.15) is 0 Å². The van der Waals surface area contributed by atoms with Crippen LogP contribution in [0.2, 0.25) is 5.02 Å². The molecule has 0 saturated carbocycles. The standard InChI is InChI=1S/C39H49ClINO5/c1-4-31-11-6-12-32(39(31)40)13-7-15-36(44)28(3)22-30(16-17-35(43)23-29-10-8-19-42-20-18-29)26-46-38(45)25-34-24-37(47-41-34)33-14-5-9-27(2)21-33/h4-6,9,11-12,14,21,24,28-30,42H,1,7-8,10,13,15-20,22-23,25-26H2,2-3H3/t28?,29?,30-/m1/s1. The van der Waals surface area contributed by atoms with Gasteiger partial charge < -0.3 is 13.1 Å². The van der Waals surface area contributed by atoms with Crippen LogP contribution in [0.1, 0.15) is 93.4 Å². The quantitative estimate of drug-likeness (QED) is 0.120. The first-order chi connectivity index (χ1) is 22.7. The first kappa shape index (κ1) is 37.2. The summed E-state index contributed by atoms with van der Waals surface area (Å²) in [5, 5.41) is 4.11. The molecule has 4 rings (SSSR count). The Hall–Kier alpha value is -2.62. The lowest BCUT2D eigenvalue weighted by Crippen LogP contribution is -2.22. The number of halogens is 2. The van der Waals surface area contributed by atoms with Crippen molar-refractivity contribution in [3.05, 3.63) is 82.4 Å². The number of esters is 1. The molecule has 2 unspecified atom stereocenters. The predicted octanol–water partition coefficient (Wildman–Crippen LogP) is 9.02. The van der Waals surface area contributed by atoms with Gasteiger partial charge in [-0.15, -0.1) is 0 Å². The van der Waals surface area contributed by atoms with Crippen LogP contribution in [-0.2, 0) is 28.6 Å². The average molecular weight is 774 g/mol. The number of carbonyl (C=O) groups excluding carboxylic acids is 3. The Morgan fingerprint density at radius 3 is 2.79 bits per heavy atom. The predicted molar refractivity (Wildman–Crippen MR) is 201 cm³/mol. The van der Waals surface area contributed by atoms with E-state index in [9.17, 15) is 14.4 Å². The molecule has 0 aliphatic carbocycles. The van der Waals surface area contributed by atoms with Gasteiger partial charge in [-0.3, -0.25) is 14.4 Å². The third-order valence-corrected chi connectivity index (χ3v) is 11.5. The Balaban J connectivity index is 1.30. The number of ketones is 2. The van der Waals surface area contributed by atoms with Crippen molar-refractivity contribution >= 4 is 65.6 Å². The van der Waals surface area contributed by atoms with Crippen LogP contribution in [0.25, 0.3) is 11.8 Å². The van der Waals surface area contributed by atoms with Crippen molar-refractivity contribution in [3.63, 3.8) is 0 Å². The minimum Gasteiger partial charge on any atom is -0.465 e. The van der Waals surface area contributed by atoms with Gasteiger partial charge in [0.15, 0.2) is 0 Å². The maximum absolute atomic E-state index is 13.2. The Bertz CT molecular complexity index is 1460. The number of benzene rings is 2. The Kier molecular flexibility index (Phi) is 15.4. The third kappa shape index (κ3) is 12.4. The highest BCUT2D eigenvalue weighted by molar-refractivity contribution is 14.2. The fourth-order valence-electron chi connectivity index (χ4n) is 6.32. The summed E-state index contributed by atoms with van der Waals surface area (Å²) in [6.45, 7) is 10.0. The van der Waals surface area contributed by atoms with E-state index in [4.69, 9.17) is 19.4 Å². The highest BCUT2D eigenvalue weighted by Crippen LogP contribution is 2.31. The van der Waals surface area contributed by atoms with E-state index in [-0.39, 0.29) is 42.4 Å². The van der Waals surface area contributed by atoms with Crippen LogP contribution in [-0.4, -0.2) is 40.7 Å². The van der Waals surface area contributed by atoms with Gasteiger partial charge in [0, 0.05) is 34.3 Å². The number of Topliss-reactive ketones (excluding diaryl/α,β-unsaturated/α-hetero) is 2. The number of nitrogens with one attached hydrogen (secondary N) is 1. The summed E-state index contributed by atoms with van der Waals surface area (Å²) in [6.07, 6.45) is 11.3. The number of rotatable bonds is 18. The third-order valence-electron chi connectivity index (χ3n) is 9.08. The molecule has 0 spiro atoms. The van der Waals surface area contributed by atoms with Crippen molar-refractivity contribution in [1.82, 2.24) is 5.32 Å². The number of allylic oxidation sites excluding steroid dienone is 1. The van der Waals surface area contributed by atoms with E-state index in [1.54, 1.807) is 6.08 Å². The van der Waals surface area contributed by atoms with Crippen molar-refractivity contribution in [2.45, 2.75) is 84.5 Å². The summed E-state index contributed by atoms with van der Waals surface area (Å²) >= 11 is 5.78. The minimum absolute atomic E-state index is 0.0608. The molecular formula is C39H49ClINO5. The van der Waals surface area contributed by atoms with E-state index in [0.29, 0.717) is 49.5 Å². The van der Waals surface area contributed by atoms with Crippen molar-refractivity contribution in [1.29, 1.82) is 0 Å². The number of hydrogen-bond donors (Lipinski definition) is 1. The van der Waals surface area contributed by atoms with Gasteiger partial charge in [0.05, 0.1) is 18.1 Å². The normalized spacial score (nSPS) is 17.6. The zero-order valence-corrected chi connectivity index (χ0v) is 30.7. The topological polar surface area (TPSA) is 81.7 Å². The molecule has 254 valence electrons. The molecule has 6 nitrogen and oxygen atoms in total. The van der Waals surface area contributed by atoms with Crippen LogP contribution in [0, 0.1) is 24.7 Å². The average Bonchev–Trinajstić information content (AvgIpc) is 3.37. The first-order valence-electron chi connectivity index (χ1n) is 17.0. The molecule has 0 bridgehead atoms. The summed E-state index contributed by atoms with van der Waals surface area (Å²) in [4.78, 5) is 39.1. The lowest BCUT2D eigenvalue weighted by molar-refractivity contribution is -0.143. The van der Waals surface area contributed by atoms with E-state index in [0.717, 1.165) is 70.3 Å². The van der Waals surface area contributed by atoms with Crippen molar-refractivity contribution in [2.24, 2.45) is 17.8 Å². The second-order valence-corrected chi connectivity index (χ2v) is 15.7. The fraction of sp³-hybridized carbons (Fsp3) is 0.487. The molecule has 47 heavy (non-hydrogen) atoms. The van der Waals surface area contributed by atoms with Crippen LogP contribution in [0.15, 0.2) is 55.1 Å². The monoisotopic (exact) mass is 773 g/mol. The lowest BCUT2D eigenvalue weighted by Gasteiger charge is -2.21. The van der Waals surface area contributed by atoms with E-state index < -0.39 is 21.1 Å². The van der Waals surface area contributed by atoms with Crippen LogP contribution in [0.3, 0.4) is 0 Å². The molecule has 0 aromatic heterocycles. The van der Waals surface area contributed by atoms with Gasteiger partial charge >= 0.3 is 5.97 Å². The van der Waals surface area contributed by atoms with Crippen molar-refractivity contribution in [3.8, 4) is 0 Å².